The number of guanidine groups is 1. The monoisotopic (exact) mass is 415 g/mol. The summed E-state index contributed by atoms with van der Waals surface area (Å²) in [7, 11) is 1.82. The van der Waals surface area contributed by atoms with E-state index in [9.17, 15) is 0 Å². The standard InChI is InChI=1S/C21H30ClN7/c1-23-21(24-11-9-20-27-26-19-8-3-2-4-12-29(19)20)25-17-10-13-28(15-17)18-7-5-6-16(22)14-18/h5-7,14,17H,2-4,8-13,15H2,1H3,(H2,23,24,25). The first-order chi connectivity index (χ1) is 14.2. The SMILES string of the molecule is CN=C(NCCc1nnc2n1CCCCC2)NC1CCN(c2cccc(Cl)c2)C1. The Bertz CT molecular complexity index is 847. The molecule has 4 rings (SSSR count). The van der Waals surface area contributed by atoms with Crippen LogP contribution in [0, 0.1) is 0 Å². The highest BCUT2D eigenvalue weighted by atomic mass is 35.5. The highest BCUT2D eigenvalue weighted by Crippen LogP contribution is 2.23. The molecule has 156 valence electrons. The molecule has 1 atom stereocenters. The van der Waals surface area contributed by atoms with Gasteiger partial charge in [0.15, 0.2) is 5.96 Å². The van der Waals surface area contributed by atoms with Crippen molar-refractivity contribution in [3.8, 4) is 0 Å². The molecule has 0 aliphatic carbocycles. The summed E-state index contributed by atoms with van der Waals surface area (Å²) >= 11 is 6.14. The number of aromatic nitrogens is 3. The molecule has 1 unspecified atom stereocenters. The quantitative estimate of drug-likeness (QED) is 0.580. The number of benzene rings is 1. The van der Waals surface area contributed by atoms with Crippen LogP contribution in [0.2, 0.25) is 5.02 Å². The molecule has 2 N–H and O–H groups in total. The van der Waals surface area contributed by atoms with Crippen molar-refractivity contribution >= 4 is 23.2 Å². The van der Waals surface area contributed by atoms with Gasteiger partial charge in [-0.3, -0.25) is 4.99 Å². The minimum atomic E-state index is 0.365. The summed E-state index contributed by atoms with van der Waals surface area (Å²) in [6.45, 7) is 3.80. The van der Waals surface area contributed by atoms with Gasteiger partial charge < -0.3 is 20.1 Å². The molecule has 0 spiro atoms. The maximum atomic E-state index is 6.14. The Kier molecular flexibility index (Phi) is 6.54. The number of fused-ring (bicyclic) bond motifs is 1. The molecule has 1 aromatic carbocycles. The molecule has 8 heteroatoms. The van der Waals surface area contributed by atoms with Gasteiger partial charge in [-0.15, -0.1) is 10.2 Å². The lowest BCUT2D eigenvalue weighted by Crippen LogP contribution is -2.45. The molecule has 0 saturated carbocycles. The molecule has 2 aliphatic rings. The topological polar surface area (TPSA) is 70.4 Å². The van der Waals surface area contributed by atoms with Gasteiger partial charge in [-0.1, -0.05) is 24.1 Å². The molecular formula is C21H30ClN7. The predicted molar refractivity (Wildman–Crippen MR) is 118 cm³/mol. The number of anilines is 1. The fourth-order valence-corrected chi connectivity index (χ4v) is 4.38. The number of nitrogens with one attached hydrogen (secondary N) is 2. The molecule has 0 bridgehead atoms. The third-order valence-electron chi connectivity index (χ3n) is 5.75. The first kappa shape index (κ1) is 20.0. The molecule has 0 amide bonds. The first-order valence-electron chi connectivity index (χ1n) is 10.6. The van der Waals surface area contributed by atoms with Gasteiger partial charge in [-0.05, 0) is 37.5 Å². The van der Waals surface area contributed by atoms with E-state index in [0.29, 0.717) is 6.04 Å². The lowest BCUT2D eigenvalue weighted by Gasteiger charge is -2.20. The number of rotatable bonds is 5. The molecule has 2 aromatic rings. The zero-order valence-corrected chi connectivity index (χ0v) is 17.8. The average Bonchev–Trinajstić information content (AvgIpc) is 3.28. The maximum absolute atomic E-state index is 6.14. The van der Waals surface area contributed by atoms with Crippen molar-refractivity contribution in [1.82, 2.24) is 25.4 Å². The zero-order chi connectivity index (χ0) is 20.1. The summed E-state index contributed by atoms with van der Waals surface area (Å²) in [5.74, 6) is 3.07. The van der Waals surface area contributed by atoms with Crippen molar-refractivity contribution in [3.05, 3.63) is 40.9 Å². The van der Waals surface area contributed by atoms with E-state index in [1.54, 1.807) is 0 Å². The van der Waals surface area contributed by atoms with Crippen molar-refractivity contribution in [2.24, 2.45) is 4.99 Å². The second-order valence-corrected chi connectivity index (χ2v) is 8.24. The summed E-state index contributed by atoms with van der Waals surface area (Å²) in [6.07, 6.45) is 6.71. The molecule has 1 aromatic heterocycles. The van der Waals surface area contributed by atoms with Crippen molar-refractivity contribution < 1.29 is 0 Å². The fourth-order valence-electron chi connectivity index (χ4n) is 4.20. The van der Waals surface area contributed by atoms with Gasteiger partial charge in [0.1, 0.15) is 11.6 Å². The normalized spacial score (nSPS) is 19.7. The number of halogens is 1. The number of aryl methyl sites for hydroxylation is 1. The molecule has 2 aliphatic heterocycles. The largest absolute Gasteiger partial charge is 0.369 e. The Balaban J connectivity index is 1.26. The summed E-state index contributed by atoms with van der Waals surface area (Å²) in [5, 5.41) is 16.6. The second kappa shape index (κ2) is 9.48. The van der Waals surface area contributed by atoms with Gasteiger partial charge in [0.25, 0.3) is 0 Å². The molecule has 0 radical (unpaired) electrons. The number of nitrogens with zero attached hydrogens (tertiary/aromatic N) is 5. The van der Waals surface area contributed by atoms with Crippen molar-refractivity contribution in [2.45, 2.75) is 51.1 Å². The zero-order valence-electron chi connectivity index (χ0n) is 17.1. The van der Waals surface area contributed by atoms with E-state index in [2.05, 4.69) is 41.4 Å². The Labute approximate surface area is 177 Å². The van der Waals surface area contributed by atoms with E-state index in [0.717, 1.165) is 68.1 Å². The summed E-state index contributed by atoms with van der Waals surface area (Å²) in [5.41, 5.74) is 1.18. The van der Waals surface area contributed by atoms with Gasteiger partial charge in [-0.2, -0.15) is 0 Å². The summed E-state index contributed by atoms with van der Waals surface area (Å²) in [6, 6.07) is 8.42. The minimum Gasteiger partial charge on any atom is -0.369 e. The highest BCUT2D eigenvalue weighted by Gasteiger charge is 2.23. The van der Waals surface area contributed by atoms with E-state index in [-0.39, 0.29) is 0 Å². The first-order valence-corrected chi connectivity index (χ1v) is 11.0. The molecule has 1 saturated heterocycles. The van der Waals surface area contributed by atoms with Crippen LogP contribution in [0.15, 0.2) is 29.3 Å². The number of aliphatic imine (C=N–C) groups is 1. The second-order valence-electron chi connectivity index (χ2n) is 7.80. The Morgan fingerprint density at radius 2 is 2.17 bits per heavy atom. The van der Waals surface area contributed by atoms with E-state index in [4.69, 9.17) is 11.6 Å². The van der Waals surface area contributed by atoms with Crippen LogP contribution in [-0.2, 0) is 19.4 Å². The maximum Gasteiger partial charge on any atom is 0.191 e. The lowest BCUT2D eigenvalue weighted by molar-refractivity contribution is 0.597. The average molecular weight is 416 g/mol. The smallest absolute Gasteiger partial charge is 0.191 e. The summed E-state index contributed by atoms with van der Waals surface area (Å²) < 4.78 is 2.31. The lowest BCUT2D eigenvalue weighted by atomic mass is 10.2. The minimum absolute atomic E-state index is 0.365. The van der Waals surface area contributed by atoms with Gasteiger partial charge in [-0.25, -0.2) is 0 Å². The van der Waals surface area contributed by atoms with Crippen molar-refractivity contribution in [2.75, 3.05) is 31.6 Å². The van der Waals surface area contributed by atoms with Crippen molar-refractivity contribution in [1.29, 1.82) is 0 Å². The van der Waals surface area contributed by atoms with E-state index < -0.39 is 0 Å². The van der Waals surface area contributed by atoms with Gasteiger partial charge >= 0.3 is 0 Å². The Morgan fingerprint density at radius 3 is 3.03 bits per heavy atom. The molecule has 29 heavy (non-hydrogen) atoms. The number of hydrogen-bond acceptors (Lipinski definition) is 4. The van der Waals surface area contributed by atoms with Crippen LogP contribution in [0.4, 0.5) is 5.69 Å². The van der Waals surface area contributed by atoms with Crippen LogP contribution in [0.1, 0.15) is 37.3 Å². The van der Waals surface area contributed by atoms with Crippen LogP contribution >= 0.6 is 11.6 Å². The van der Waals surface area contributed by atoms with Crippen LogP contribution in [0.25, 0.3) is 0 Å². The van der Waals surface area contributed by atoms with Crippen LogP contribution < -0.4 is 15.5 Å². The fraction of sp³-hybridized carbons (Fsp3) is 0.571. The van der Waals surface area contributed by atoms with Crippen LogP contribution in [-0.4, -0.2) is 53.4 Å². The predicted octanol–water partition coefficient (Wildman–Crippen LogP) is 2.64. The molecular weight excluding hydrogens is 386 g/mol. The van der Waals surface area contributed by atoms with E-state index in [1.807, 2.05) is 25.2 Å². The summed E-state index contributed by atoms with van der Waals surface area (Å²) in [4.78, 5) is 6.76. The molecule has 7 nitrogen and oxygen atoms in total. The molecule has 1 fully saturated rings. The van der Waals surface area contributed by atoms with Gasteiger partial charge in [0, 0.05) is 62.8 Å². The van der Waals surface area contributed by atoms with Gasteiger partial charge in [0.05, 0.1) is 0 Å². The van der Waals surface area contributed by atoms with Crippen LogP contribution in [0.3, 0.4) is 0 Å². The van der Waals surface area contributed by atoms with Crippen LogP contribution in [0.5, 0.6) is 0 Å². The third-order valence-corrected chi connectivity index (χ3v) is 5.99. The van der Waals surface area contributed by atoms with Gasteiger partial charge in [0.2, 0.25) is 0 Å². The van der Waals surface area contributed by atoms with E-state index >= 15 is 0 Å². The molecule has 3 heterocycles. The van der Waals surface area contributed by atoms with E-state index in [1.165, 1.54) is 24.9 Å². The Morgan fingerprint density at radius 1 is 1.24 bits per heavy atom. The highest BCUT2D eigenvalue weighted by molar-refractivity contribution is 6.30. The Hall–Kier alpha value is -2.28. The number of hydrogen-bond donors (Lipinski definition) is 2. The van der Waals surface area contributed by atoms with Crippen molar-refractivity contribution in [3.63, 3.8) is 0 Å². The third kappa shape index (κ3) is 5.01.